The van der Waals surface area contributed by atoms with Gasteiger partial charge in [-0.3, -0.25) is 4.98 Å². The summed E-state index contributed by atoms with van der Waals surface area (Å²) in [5.41, 5.74) is 18.5. The second-order valence-electron chi connectivity index (χ2n) is 18.5. The van der Waals surface area contributed by atoms with Crippen LogP contribution in [0.3, 0.4) is 0 Å². The molecule has 78 heavy (non-hydrogen) atoms. The predicted molar refractivity (Wildman–Crippen MR) is 285 cm³/mol. The van der Waals surface area contributed by atoms with Gasteiger partial charge in [0.05, 0.1) is 24.8 Å². The first kappa shape index (κ1) is 58.6. The molecule has 5 heterocycles. The molecule has 14 rings (SSSR count). The predicted octanol–water partition coefficient (Wildman–Crippen LogP) is 11.6. The Hall–Kier alpha value is -7.11. The van der Waals surface area contributed by atoms with Gasteiger partial charge in [0.1, 0.15) is 0 Å². The van der Waals surface area contributed by atoms with E-state index in [2.05, 4.69) is 183 Å². The monoisotopic (exact) mass is 1740 g/mol. The van der Waals surface area contributed by atoms with Crippen LogP contribution < -0.4 is 0 Å². The largest absolute Gasteiger partial charge is 0.258 e. The van der Waals surface area contributed by atoms with Crippen LogP contribution in [0.2, 0.25) is 0 Å². The van der Waals surface area contributed by atoms with Gasteiger partial charge in [-0.05, 0) is 62.4 Å². The third kappa shape index (κ3) is 12.3. The van der Waals surface area contributed by atoms with E-state index in [-0.39, 0.29) is 92.2 Å². The molecule has 0 spiro atoms. The first-order valence-corrected chi connectivity index (χ1v) is 24.0. The van der Waals surface area contributed by atoms with Crippen LogP contribution in [-0.4, -0.2) is 65.0 Å². The third-order valence-electron chi connectivity index (χ3n) is 13.3. The van der Waals surface area contributed by atoms with E-state index in [0.29, 0.717) is 0 Å². The Kier molecular flexibility index (Phi) is 19.5. The van der Waals surface area contributed by atoms with Gasteiger partial charge in [0, 0.05) is 118 Å². The summed E-state index contributed by atoms with van der Waals surface area (Å²) in [6, 6.07) is 66.4. The SMILES string of the molecule is CC1(C)c2ccccc2-c2c[c-]c(-n3ccnn3)cc21.CC1(C)c2ccccc2-c2c[c-]c(-n3ccnn3)cc21.[Ir].[Ir].[Ir].[Pt].[c-]1ccc(-c2ccccc2)cc1-n1ccnn1.[c-]1ccc(-c2ccccn2)cc1-n1ccnn1. The van der Waals surface area contributed by atoms with Gasteiger partial charge < -0.3 is 0 Å². The Labute approximate surface area is 507 Å². The van der Waals surface area contributed by atoms with Crippen molar-refractivity contribution in [2.45, 2.75) is 38.5 Å². The Bertz CT molecular complexity index is 3550. The van der Waals surface area contributed by atoms with Gasteiger partial charge in [-0.25, -0.2) is 18.7 Å². The van der Waals surface area contributed by atoms with E-state index < -0.39 is 0 Å². The Balaban J connectivity index is 0.000000149. The molecular formula is C61H47Ir3N13Pt-4. The fourth-order valence-electron chi connectivity index (χ4n) is 9.54. The second-order valence-corrected chi connectivity index (χ2v) is 18.5. The zero-order chi connectivity index (χ0) is 50.5. The van der Waals surface area contributed by atoms with E-state index >= 15 is 0 Å². The number of pyridine rings is 1. The van der Waals surface area contributed by atoms with Crippen LogP contribution in [0, 0.1) is 24.3 Å². The molecule has 0 saturated heterocycles. The molecule has 0 fully saturated rings. The molecule has 3 radical (unpaired) electrons. The Morgan fingerprint density at radius 3 is 1.18 bits per heavy atom. The molecule has 17 heteroatoms. The molecule has 5 aromatic heterocycles. The van der Waals surface area contributed by atoms with E-state index in [4.69, 9.17) is 0 Å². The van der Waals surface area contributed by atoms with Gasteiger partial charge in [0.25, 0.3) is 0 Å². The van der Waals surface area contributed by atoms with E-state index in [1.165, 1.54) is 50.1 Å². The van der Waals surface area contributed by atoms with Gasteiger partial charge >= 0.3 is 0 Å². The maximum absolute atomic E-state index is 4.31. The van der Waals surface area contributed by atoms with Crippen LogP contribution in [0.1, 0.15) is 49.9 Å². The van der Waals surface area contributed by atoms with Crippen LogP contribution in [0.5, 0.6) is 0 Å². The summed E-state index contributed by atoms with van der Waals surface area (Å²) >= 11 is 0. The maximum Gasteiger partial charge on any atom is 0.0696 e. The molecule has 0 atom stereocenters. The summed E-state index contributed by atoms with van der Waals surface area (Å²) in [6.07, 6.45) is 15.7. The van der Waals surface area contributed by atoms with Crippen molar-refractivity contribution in [2.75, 3.05) is 0 Å². The molecule has 0 unspecified atom stereocenters. The number of hydrogen-bond donors (Lipinski definition) is 0. The number of nitrogens with zero attached hydrogens (tertiary/aromatic N) is 13. The van der Waals surface area contributed by atoms with Crippen molar-refractivity contribution in [1.82, 2.24) is 65.0 Å². The van der Waals surface area contributed by atoms with Crippen LogP contribution in [0.15, 0.2) is 213 Å². The summed E-state index contributed by atoms with van der Waals surface area (Å²) < 4.78 is 6.87. The van der Waals surface area contributed by atoms with Crippen LogP contribution in [0.4, 0.5) is 0 Å². The molecule has 0 bridgehead atoms. The normalized spacial score (nSPS) is 12.2. The molecule has 397 valence electrons. The molecule has 0 amide bonds. The van der Waals surface area contributed by atoms with Gasteiger partial charge in [-0.2, -0.15) is 60.7 Å². The van der Waals surface area contributed by atoms with E-state index in [1.54, 1.807) is 62.1 Å². The van der Waals surface area contributed by atoms with Crippen LogP contribution >= 0.6 is 0 Å². The van der Waals surface area contributed by atoms with Crippen molar-refractivity contribution in [3.63, 3.8) is 0 Å². The molecule has 7 aromatic carbocycles. The average Bonchev–Trinajstić information content (AvgIpc) is 4.54. The zero-order valence-corrected chi connectivity index (χ0v) is 51.8. The first-order valence-electron chi connectivity index (χ1n) is 24.0. The zero-order valence-electron chi connectivity index (χ0n) is 42.3. The summed E-state index contributed by atoms with van der Waals surface area (Å²) in [4.78, 5) is 4.31. The van der Waals surface area contributed by atoms with Crippen molar-refractivity contribution < 1.29 is 81.4 Å². The molecule has 0 saturated carbocycles. The first-order chi connectivity index (χ1) is 36.2. The van der Waals surface area contributed by atoms with Crippen molar-refractivity contribution in [3.8, 4) is 67.4 Å². The number of fused-ring (bicyclic) bond motifs is 6. The number of rotatable bonds is 6. The van der Waals surface area contributed by atoms with Crippen molar-refractivity contribution in [2.24, 2.45) is 0 Å². The Morgan fingerprint density at radius 2 is 0.756 bits per heavy atom. The number of hydrogen-bond acceptors (Lipinski definition) is 9. The van der Waals surface area contributed by atoms with E-state index in [9.17, 15) is 0 Å². The van der Waals surface area contributed by atoms with E-state index in [1.807, 2.05) is 85.2 Å². The van der Waals surface area contributed by atoms with Gasteiger partial charge in [-0.15, -0.1) is 78.0 Å². The molecule has 0 aliphatic heterocycles. The smallest absolute Gasteiger partial charge is 0.0696 e. The van der Waals surface area contributed by atoms with Gasteiger partial charge in [0.15, 0.2) is 0 Å². The third-order valence-corrected chi connectivity index (χ3v) is 13.3. The van der Waals surface area contributed by atoms with E-state index in [0.717, 1.165) is 39.6 Å². The van der Waals surface area contributed by atoms with Gasteiger partial charge in [-0.1, -0.05) is 145 Å². The standard InChI is InChI=1S/2C17H14N3.C14H10N3.C13H9N4.3Ir.Pt/c2*1-17(2)15-6-4-3-5-13(15)14-8-7-12(11-16(14)17)20-10-9-18-19-20;1-2-5-12(6-3-1)13-7-4-8-14(11-13)17-10-9-15-16-17;1-2-7-14-13(6-1)11-4-3-5-12(10-11)17-9-8-15-16-17;;;;/h2*3-6,8-11H,1-2H3;1-7,9-11H;1-4,6-10H;;;;/q4*-1;;;;. The van der Waals surface area contributed by atoms with Crippen LogP contribution in [-0.2, 0) is 92.2 Å². The molecule has 12 aromatic rings. The second kappa shape index (κ2) is 26.0. The van der Waals surface area contributed by atoms with Crippen molar-refractivity contribution >= 4 is 0 Å². The molecular weight excluding hydrogens is 1690 g/mol. The van der Waals surface area contributed by atoms with Crippen molar-refractivity contribution in [3.05, 3.63) is 260 Å². The van der Waals surface area contributed by atoms with Gasteiger partial charge in [0.2, 0.25) is 0 Å². The minimum absolute atomic E-state index is 0. The summed E-state index contributed by atoms with van der Waals surface area (Å²) in [5, 5.41) is 31.3. The Morgan fingerprint density at radius 1 is 0.359 bits per heavy atom. The molecule has 13 nitrogen and oxygen atoms in total. The number of aromatic nitrogens is 13. The fourth-order valence-corrected chi connectivity index (χ4v) is 9.54. The molecule has 2 aliphatic carbocycles. The average molecular weight is 1730 g/mol. The summed E-state index contributed by atoms with van der Waals surface area (Å²) in [7, 11) is 0. The molecule has 2 aliphatic rings. The summed E-state index contributed by atoms with van der Waals surface area (Å²) in [5.74, 6) is 0. The minimum Gasteiger partial charge on any atom is -0.258 e. The topological polar surface area (TPSA) is 136 Å². The van der Waals surface area contributed by atoms with Crippen molar-refractivity contribution in [1.29, 1.82) is 0 Å². The maximum atomic E-state index is 4.31. The van der Waals surface area contributed by atoms with Crippen LogP contribution in [0.25, 0.3) is 67.4 Å². The molecule has 0 N–H and O–H groups in total. The minimum atomic E-state index is 0. The quantitative estimate of drug-likeness (QED) is 0.149. The summed E-state index contributed by atoms with van der Waals surface area (Å²) in [6.45, 7) is 9.07. The fraction of sp³-hybridized carbons (Fsp3) is 0.0984. The number of benzene rings is 7.